The lowest BCUT2D eigenvalue weighted by atomic mass is 9.47. The first-order valence-electron chi connectivity index (χ1n) is 13.9. The summed E-state index contributed by atoms with van der Waals surface area (Å²) < 4.78 is 0. The molecule has 4 aliphatic rings. The molecule has 1 aromatic carbocycles. The highest BCUT2D eigenvalue weighted by Crippen LogP contribution is 2.65. The van der Waals surface area contributed by atoms with Gasteiger partial charge in [-0.05, 0) is 94.6 Å². The molecule has 0 bridgehead atoms. The maximum absolute atomic E-state index is 13.6. The number of nitrogens with zero attached hydrogens (tertiary/aromatic N) is 2. The van der Waals surface area contributed by atoms with Crippen LogP contribution in [0.1, 0.15) is 83.5 Å². The summed E-state index contributed by atoms with van der Waals surface area (Å²) >= 11 is 0. The van der Waals surface area contributed by atoms with Crippen LogP contribution in [0.25, 0.3) is 0 Å². The zero-order valence-corrected chi connectivity index (χ0v) is 23.0. The number of fused-ring (bicyclic) bond motifs is 5. The highest BCUT2D eigenvalue weighted by atomic mass is 16.6. The normalized spacial score (nSPS) is 36.2. The molecule has 0 unspecified atom stereocenters. The zero-order valence-electron chi connectivity index (χ0n) is 23.0. The second kappa shape index (κ2) is 9.02. The fraction of sp³-hybridized carbons (Fsp3) is 0.633. The Morgan fingerprint density at radius 2 is 1.71 bits per heavy atom. The van der Waals surface area contributed by atoms with Gasteiger partial charge < -0.3 is 5.32 Å². The molecule has 3 aliphatic carbocycles. The van der Waals surface area contributed by atoms with E-state index in [2.05, 4.69) is 19.2 Å². The van der Waals surface area contributed by atoms with Gasteiger partial charge in [0.1, 0.15) is 0 Å². The largest absolute Gasteiger partial charge is 0.351 e. The molecule has 1 heterocycles. The molecule has 204 valence electrons. The van der Waals surface area contributed by atoms with Gasteiger partial charge in [0.2, 0.25) is 5.91 Å². The van der Waals surface area contributed by atoms with Crippen molar-refractivity contribution < 1.29 is 19.3 Å². The van der Waals surface area contributed by atoms with Crippen molar-refractivity contribution in [3.63, 3.8) is 0 Å². The minimum atomic E-state index is -0.501. The first-order chi connectivity index (χ1) is 17.8. The van der Waals surface area contributed by atoms with Crippen LogP contribution in [0.15, 0.2) is 36.4 Å². The van der Waals surface area contributed by atoms with Gasteiger partial charge in [0, 0.05) is 46.7 Å². The molecule has 3 amide bonds. The van der Waals surface area contributed by atoms with E-state index in [0.29, 0.717) is 17.8 Å². The first-order valence-corrected chi connectivity index (χ1v) is 13.9. The van der Waals surface area contributed by atoms with E-state index < -0.39 is 10.8 Å². The van der Waals surface area contributed by atoms with E-state index in [-0.39, 0.29) is 51.4 Å². The number of amides is 3. The quantitative estimate of drug-likeness (QED) is 0.331. The van der Waals surface area contributed by atoms with Crippen LogP contribution >= 0.6 is 0 Å². The number of carbonyl (C=O) groups is 3. The summed E-state index contributed by atoms with van der Waals surface area (Å²) in [7, 11) is 0. The molecule has 8 nitrogen and oxygen atoms in total. The van der Waals surface area contributed by atoms with E-state index in [1.54, 1.807) is 6.08 Å². The number of nitro groups is 1. The molecule has 7 atom stereocenters. The lowest BCUT2D eigenvalue weighted by Crippen LogP contribution is -2.62. The molecule has 8 heteroatoms. The van der Waals surface area contributed by atoms with Gasteiger partial charge in [-0.2, -0.15) is 0 Å². The summed E-state index contributed by atoms with van der Waals surface area (Å²) in [5, 5.41) is 14.3. The number of rotatable bonds is 3. The summed E-state index contributed by atoms with van der Waals surface area (Å²) in [6, 6.07) is 5.23. The molecular weight excluding hydrogens is 482 g/mol. The van der Waals surface area contributed by atoms with Crippen molar-refractivity contribution in [3.05, 3.63) is 52.1 Å². The molecule has 1 aliphatic heterocycles. The average molecular weight is 522 g/mol. The monoisotopic (exact) mass is 521 g/mol. The number of non-ortho nitro benzene ring substituents is 1. The van der Waals surface area contributed by atoms with Crippen LogP contribution in [0.3, 0.4) is 0 Å². The Kier molecular flexibility index (Phi) is 6.31. The van der Waals surface area contributed by atoms with Crippen molar-refractivity contribution in [2.45, 2.75) is 84.7 Å². The van der Waals surface area contributed by atoms with Crippen molar-refractivity contribution in [2.75, 3.05) is 0 Å². The van der Waals surface area contributed by atoms with E-state index in [1.165, 1.54) is 29.2 Å². The highest BCUT2D eigenvalue weighted by molar-refractivity contribution is 6.09. The number of carbonyl (C=O) groups excluding carboxylic acids is 3. The zero-order chi connectivity index (χ0) is 27.6. The van der Waals surface area contributed by atoms with Gasteiger partial charge in [-0.3, -0.25) is 29.4 Å². The molecule has 1 aromatic rings. The van der Waals surface area contributed by atoms with Crippen LogP contribution in [0.4, 0.5) is 5.69 Å². The van der Waals surface area contributed by atoms with Gasteiger partial charge in [0.15, 0.2) is 0 Å². The summed E-state index contributed by atoms with van der Waals surface area (Å²) in [5.41, 5.74) is -0.452. The maximum atomic E-state index is 13.6. The number of hydrogen-bond acceptors (Lipinski definition) is 5. The smallest absolute Gasteiger partial charge is 0.269 e. The maximum Gasteiger partial charge on any atom is 0.269 e. The fourth-order valence-corrected chi connectivity index (χ4v) is 8.49. The molecule has 3 fully saturated rings. The molecule has 3 saturated carbocycles. The molecule has 0 spiro atoms. The van der Waals surface area contributed by atoms with E-state index in [0.717, 1.165) is 38.5 Å². The third kappa shape index (κ3) is 4.16. The Hall–Kier alpha value is -3.03. The Balaban J connectivity index is 1.40. The highest BCUT2D eigenvalue weighted by Gasteiger charge is 2.62. The van der Waals surface area contributed by atoms with E-state index in [1.807, 2.05) is 26.8 Å². The minimum Gasteiger partial charge on any atom is -0.351 e. The summed E-state index contributed by atoms with van der Waals surface area (Å²) in [6.45, 7) is 10.6. The number of nitro benzene ring substituents is 1. The molecular formula is C30H39N3O5. The fourth-order valence-electron chi connectivity index (χ4n) is 8.49. The average Bonchev–Trinajstić information content (AvgIpc) is 3.20. The lowest BCUT2D eigenvalue weighted by Gasteiger charge is -2.60. The predicted molar refractivity (Wildman–Crippen MR) is 143 cm³/mol. The van der Waals surface area contributed by atoms with Crippen LogP contribution in [0.5, 0.6) is 0 Å². The van der Waals surface area contributed by atoms with Gasteiger partial charge in [-0.15, -0.1) is 0 Å². The van der Waals surface area contributed by atoms with Crippen molar-refractivity contribution in [2.24, 2.45) is 34.5 Å². The second-order valence-corrected chi connectivity index (χ2v) is 13.4. The molecule has 38 heavy (non-hydrogen) atoms. The molecule has 1 N–H and O–H groups in total. The molecule has 5 rings (SSSR count). The van der Waals surface area contributed by atoms with Crippen molar-refractivity contribution in [1.82, 2.24) is 10.2 Å². The van der Waals surface area contributed by atoms with Crippen LogP contribution in [0.2, 0.25) is 0 Å². The Morgan fingerprint density at radius 1 is 1.03 bits per heavy atom. The van der Waals surface area contributed by atoms with E-state index >= 15 is 0 Å². The summed E-state index contributed by atoms with van der Waals surface area (Å²) in [5.74, 6) is 0.668. The summed E-state index contributed by atoms with van der Waals surface area (Å²) in [4.78, 5) is 51.9. The van der Waals surface area contributed by atoms with Crippen molar-refractivity contribution in [3.8, 4) is 0 Å². The number of benzene rings is 1. The van der Waals surface area contributed by atoms with Crippen LogP contribution in [-0.4, -0.2) is 39.1 Å². The van der Waals surface area contributed by atoms with Gasteiger partial charge in [-0.1, -0.05) is 19.9 Å². The van der Waals surface area contributed by atoms with Gasteiger partial charge in [-0.25, -0.2) is 0 Å². The lowest BCUT2D eigenvalue weighted by molar-refractivity contribution is -0.384. The van der Waals surface area contributed by atoms with Crippen LogP contribution in [0, 0.1) is 44.6 Å². The topological polar surface area (TPSA) is 110 Å². The Bertz CT molecular complexity index is 1200. The van der Waals surface area contributed by atoms with Crippen LogP contribution < -0.4 is 5.32 Å². The Morgan fingerprint density at radius 3 is 2.34 bits per heavy atom. The third-order valence-electron chi connectivity index (χ3n) is 10.2. The molecule has 0 aromatic heterocycles. The summed E-state index contributed by atoms with van der Waals surface area (Å²) in [6.07, 6.45) is 9.09. The van der Waals surface area contributed by atoms with Gasteiger partial charge in [0.25, 0.3) is 17.5 Å². The molecule has 0 radical (unpaired) electrons. The van der Waals surface area contributed by atoms with Gasteiger partial charge >= 0.3 is 0 Å². The minimum absolute atomic E-state index is 0.0156. The molecule has 0 saturated heterocycles. The van der Waals surface area contributed by atoms with Gasteiger partial charge in [0.05, 0.1) is 4.92 Å². The van der Waals surface area contributed by atoms with Crippen molar-refractivity contribution in [1.29, 1.82) is 0 Å². The van der Waals surface area contributed by atoms with Crippen LogP contribution in [-0.2, 0) is 9.59 Å². The van der Waals surface area contributed by atoms with E-state index in [9.17, 15) is 24.5 Å². The second-order valence-electron chi connectivity index (χ2n) is 13.4. The standard InChI is InChI=1S/C30H39N3O5/c1-28(2,3)31-26(35)23-12-11-21-20-10-13-24-30(5,22(20)14-16-29(21,23)4)17-15-25(34)32(24)27(36)18-6-8-19(9-7-18)33(37)38/h6-9,15,17,20-24H,10-14,16H2,1-5H3,(H,31,35)/t20-,21-,22-,23+,24+,29-,30+/m0/s1. The number of hydrogen-bond donors (Lipinski definition) is 1. The predicted octanol–water partition coefficient (Wildman–Crippen LogP) is 5.28. The number of imide groups is 1. The number of nitrogens with one attached hydrogen (secondary N) is 1. The van der Waals surface area contributed by atoms with Crippen molar-refractivity contribution >= 4 is 23.4 Å². The van der Waals surface area contributed by atoms with E-state index in [4.69, 9.17) is 0 Å². The Labute approximate surface area is 224 Å². The first kappa shape index (κ1) is 26.6. The SMILES string of the molecule is CC(C)(C)NC(=O)[C@H]1CC[C@H]2[C@@H]3CC[C@H]4N(C(=O)c5ccc([N+](=O)[O-])cc5)C(=O)C=C[C@]4(C)[C@H]3CC[C@]12C. The third-order valence-corrected chi connectivity index (χ3v) is 10.2.